The lowest BCUT2D eigenvalue weighted by molar-refractivity contribution is -0.111. The minimum absolute atomic E-state index is 0.271. The van der Waals surface area contributed by atoms with Gasteiger partial charge in [-0.15, -0.1) is 0 Å². The summed E-state index contributed by atoms with van der Waals surface area (Å²) in [5.41, 5.74) is 1.79. The summed E-state index contributed by atoms with van der Waals surface area (Å²) >= 11 is 0. The molecule has 0 aliphatic rings. The summed E-state index contributed by atoms with van der Waals surface area (Å²) < 4.78 is 5.84. The molecule has 7 nitrogen and oxygen atoms in total. The highest BCUT2D eigenvalue weighted by Crippen LogP contribution is 2.25. The molecule has 0 saturated carbocycles. The number of nitrogens with one attached hydrogen (secondary N) is 2. The number of amides is 1. The maximum atomic E-state index is 13.1. The van der Waals surface area contributed by atoms with Crippen LogP contribution in [-0.4, -0.2) is 22.4 Å². The lowest BCUT2D eigenvalue weighted by atomic mass is 10.1. The fourth-order valence-electron chi connectivity index (χ4n) is 2.94. The summed E-state index contributed by atoms with van der Waals surface area (Å²) in [5.74, 6) is 2.55. The molecule has 0 bridgehead atoms. The Balaban J connectivity index is 1.79. The molecule has 0 aliphatic heterocycles. The molecule has 0 saturated heterocycles. The topological polar surface area (TPSA) is 99.9 Å². The van der Waals surface area contributed by atoms with Gasteiger partial charge in [-0.25, -0.2) is 9.97 Å². The summed E-state index contributed by atoms with van der Waals surface area (Å²) in [7, 11) is 0. The van der Waals surface area contributed by atoms with Crippen LogP contribution in [0.15, 0.2) is 67.0 Å². The largest absolute Gasteiger partial charge is 0.457 e. The van der Waals surface area contributed by atoms with Crippen LogP contribution in [0.1, 0.15) is 37.7 Å². The Morgan fingerprint density at radius 3 is 2.36 bits per heavy atom. The van der Waals surface area contributed by atoms with E-state index >= 15 is 0 Å². The van der Waals surface area contributed by atoms with E-state index in [4.69, 9.17) is 10.00 Å². The Morgan fingerprint density at radius 2 is 1.76 bits per heavy atom. The van der Waals surface area contributed by atoms with Crippen LogP contribution in [0.2, 0.25) is 0 Å². The maximum absolute atomic E-state index is 13.1. The number of benzene rings is 2. The van der Waals surface area contributed by atoms with Crippen molar-refractivity contribution < 1.29 is 9.53 Å². The molecule has 3 rings (SSSR count). The van der Waals surface area contributed by atoms with Crippen molar-refractivity contribution in [1.82, 2.24) is 15.3 Å². The maximum Gasteiger partial charge on any atom is 0.258 e. The number of anilines is 1. The van der Waals surface area contributed by atoms with Crippen LogP contribution in [0.4, 0.5) is 5.82 Å². The van der Waals surface area contributed by atoms with Crippen molar-refractivity contribution >= 4 is 17.3 Å². The van der Waals surface area contributed by atoms with Gasteiger partial charge >= 0.3 is 0 Å². The van der Waals surface area contributed by atoms with Crippen molar-refractivity contribution in [1.29, 1.82) is 5.26 Å². The quantitative estimate of drug-likeness (QED) is 0.457. The second kappa shape index (κ2) is 11.4. The minimum atomic E-state index is -0.271. The van der Waals surface area contributed by atoms with Crippen LogP contribution in [0.3, 0.4) is 0 Å². The van der Waals surface area contributed by atoms with Gasteiger partial charge in [0.25, 0.3) is 5.91 Å². The highest BCUT2D eigenvalue weighted by molar-refractivity contribution is 6.25. The van der Waals surface area contributed by atoms with E-state index in [2.05, 4.69) is 40.5 Å². The van der Waals surface area contributed by atoms with Crippen LogP contribution in [0, 0.1) is 17.2 Å². The fourth-order valence-corrected chi connectivity index (χ4v) is 2.94. The van der Waals surface area contributed by atoms with Crippen molar-refractivity contribution in [2.75, 3.05) is 11.9 Å². The van der Waals surface area contributed by atoms with E-state index in [1.807, 2.05) is 19.1 Å². The molecule has 33 heavy (non-hydrogen) atoms. The van der Waals surface area contributed by atoms with E-state index < -0.39 is 0 Å². The van der Waals surface area contributed by atoms with Gasteiger partial charge in [-0.3, -0.25) is 4.79 Å². The lowest BCUT2D eigenvalue weighted by Gasteiger charge is -2.12. The molecule has 0 fully saturated rings. The fraction of sp³-hybridized carbons (Fsp3) is 0.231. The number of hydrogen-bond acceptors (Lipinski definition) is 6. The second-order valence-electron chi connectivity index (χ2n) is 7.79. The molecule has 1 amide bonds. The first kappa shape index (κ1) is 23.5. The van der Waals surface area contributed by atoms with Gasteiger partial charge in [-0.2, -0.15) is 5.26 Å². The number of aryl methyl sites for hydroxylation is 1. The van der Waals surface area contributed by atoms with Gasteiger partial charge in [0, 0.05) is 25.4 Å². The number of carbonyl (C=O) groups is 1. The number of rotatable bonds is 9. The monoisotopic (exact) mass is 441 g/mol. The Morgan fingerprint density at radius 1 is 1.09 bits per heavy atom. The van der Waals surface area contributed by atoms with Gasteiger partial charge in [0.2, 0.25) is 0 Å². The molecule has 0 aliphatic carbocycles. The summed E-state index contributed by atoms with van der Waals surface area (Å²) in [5, 5.41) is 15.0. The summed E-state index contributed by atoms with van der Waals surface area (Å²) in [6, 6.07) is 17.9. The smallest absolute Gasteiger partial charge is 0.258 e. The normalized spacial score (nSPS) is 11.1. The number of nitriles is 1. The Kier molecular flexibility index (Phi) is 8.14. The SMILES string of the molecule is CCc1nccc(NC(=O)C(=CNCC(C)C)c2ccc(Oc3ccc(C#N)cc3)cc2)n1. The number of ether oxygens (including phenoxy) is 1. The van der Waals surface area contributed by atoms with Crippen molar-refractivity contribution in [3.63, 3.8) is 0 Å². The zero-order chi connectivity index (χ0) is 23.6. The molecule has 0 spiro atoms. The van der Waals surface area contributed by atoms with Crippen molar-refractivity contribution in [2.45, 2.75) is 27.2 Å². The van der Waals surface area contributed by atoms with E-state index in [1.54, 1.807) is 54.9 Å². The molecule has 0 unspecified atom stereocenters. The molecule has 0 radical (unpaired) electrons. The van der Waals surface area contributed by atoms with Crippen LogP contribution < -0.4 is 15.4 Å². The molecule has 0 atom stereocenters. The first-order chi connectivity index (χ1) is 16.0. The van der Waals surface area contributed by atoms with Gasteiger partial charge in [-0.05, 0) is 53.9 Å². The average Bonchev–Trinajstić information content (AvgIpc) is 2.83. The number of carbonyl (C=O) groups excluding carboxylic acids is 1. The Labute approximate surface area is 194 Å². The Bertz CT molecular complexity index is 1150. The molecule has 3 aromatic rings. The summed E-state index contributed by atoms with van der Waals surface area (Å²) in [4.78, 5) is 21.6. The van der Waals surface area contributed by atoms with Gasteiger partial charge in [0.1, 0.15) is 23.1 Å². The summed E-state index contributed by atoms with van der Waals surface area (Å²) in [6.07, 6.45) is 4.05. The third kappa shape index (κ3) is 6.91. The molecule has 168 valence electrons. The molecule has 7 heteroatoms. The van der Waals surface area contributed by atoms with E-state index in [9.17, 15) is 4.79 Å². The first-order valence-corrected chi connectivity index (χ1v) is 10.8. The molecular weight excluding hydrogens is 414 g/mol. The molecule has 1 aromatic heterocycles. The average molecular weight is 442 g/mol. The van der Waals surface area contributed by atoms with Crippen LogP contribution in [-0.2, 0) is 11.2 Å². The highest BCUT2D eigenvalue weighted by Gasteiger charge is 2.14. The van der Waals surface area contributed by atoms with E-state index in [1.165, 1.54) is 0 Å². The minimum Gasteiger partial charge on any atom is -0.457 e. The number of aromatic nitrogens is 2. The number of hydrogen-bond donors (Lipinski definition) is 2. The van der Waals surface area contributed by atoms with E-state index in [-0.39, 0.29) is 5.91 Å². The zero-order valence-corrected chi connectivity index (χ0v) is 19.0. The first-order valence-electron chi connectivity index (χ1n) is 10.8. The van der Waals surface area contributed by atoms with Gasteiger partial charge in [0.05, 0.1) is 17.2 Å². The molecular formula is C26H27N5O2. The van der Waals surface area contributed by atoms with E-state index in [0.29, 0.717) is 46.6 Å². The van der Waals surface area contributed by atoms with Crippen molar-refractivity contribution in [2.24, 2.45) is 5.92 Å². The molecule has 2 aromatic carbocycles. The van der Waals surface area contributed by atoms with Crippen LogP contribution >= 0.6 is 0 Å². The van der Waals surface area contributed by atoms with Crippen LogP contribution in [0.5, 0.6) is 11.5 Å². The zero-order valence-electron chi connectivity index (χ0n) is 19.0. The van der Waals surface area contributed by atoms with Gasteiger partial charge in [0.15, 0.2) is 0 Å². The third-order valence-corrected chi connectivity index (χ3v) is 4.66. The second-order valence-corrected chi connectivity index (χ2v) is 7.79. The van der Waals surface area contributed by atoms with Crippen molar-refractivity contribution in [3.8, 4) is 17.6 Å². The predicted molar refractivity (Wildman–Crippen MR) is 129 cm³/mol. The molecule has 2 N–H and O–H groups in total. The summed E-state index contributed by atoms with van der Waals surface area (Å²) in [6.45, 7) is 6.90. The lowest BCUT2D eigenvalue weighted by Crippen LogP contribution is -2.19. The molecule has 1 heterocycles. The highest BCUT2D eigenvalue weighted by atomic mass is 16.5. The van der Waals surface area contributed by atoms with Crippen molar-refractivity contribution in [3.05, 3.63) is 83.9 Å². The van der Waals surface area contributed by atoms with Crippen LogP contribution in [0.25, 0.3) is 5.57 Å². The standard InChI is InChI=1S/C26H27N5O2/c1-4-24-29-14-13-25(30-24)31-26(32)23(17-28-16-18(2)3)20-7-11-22(12-8-20)33-21-9-5-19(15-27)6-10-21/h5-14,17-18,28H,4,16H2,1-3H3,(H,29,30,31,32). The third-order valence-electron chi connectivity index (χ3n) is 4.66. The number of nitrogens with zero attached hydrogens (tertiary/aromatic N) is 3. The van der Waals surface area contributed by atoms with Gasteiger partial charge in [-0.1, -0.05) is 32.9 Å². The predicted octanol–water partition coefficient (Wildman–Crippen LogP) is 4.93. The van der Waals surface area contributed by atoms with Gasteiger partial charge < -0.3 is 15.4 Å². The van der Waals surface area contributed by atoms with E-state index in [0.717, 1.165) is 12.1 Å². The Hall–Kier alpha value is -4.18.